The zero-order chi connectivity index (χ0) is 19.2. The number of pyridine rings is 1. The van der Waals surface area contributed by atoms with E-state index in [0.29, 0.717) is 0 Å². The number of fused-ring (bicyclic) bond motifs is 1. The summed E-state index contributed by atoms with van der Waals surface area (Å²) in [5.41, 5.74) is -1.91. The number of benzene rings is 1. The average molecular weight is 360 g/mol. The van der Waals surface area contributed by atoms with E-state index in [9.17, 15) is 29.9 Å². The largest absolute Gasteiger partial charge is 0.478 e. The van der Waals surface area contributed by atoms with Crippen LogP contribution in [0.5, 0.6) is 11.5 Å². The predicted octanol–water partition coefficient (Wildman–Crippen LogP) is 2.40. The Labute approximate surface area is 145 Å². The minimum Gasteiger partial charge on any atom is -0.478 e. The van der Waals surface area contributed by atoms with Crippen molar-refractivity contribution in [2.45, 2.75) is 13.8 Å². The van der Waals surface area contributed by atoms with E-state index in [-0.39, 0.29) is 40.8 Å². The van der Waals surface area contributed by atoms with Gasteiger partial charge in [-0.1, -0.05) is 0 Å². The van der Waals surface area contributed by atoms with Crippen LogP contribution in [0.3, 0.4) is 0 Å². The van der Waals surface area contributed by atoms with Crippen LogP contribution in [0.1, 0.15) is 32.1 Å². The summed E-state index contributed by atoms with van der Waals surface area (Å²) in [5, 5.41) is 30.7. The first-order chi connectivity index (χ1) is 12.2. The van der Waals surface area contributed by atoms with Crippen LogP contribution in [0, 0.1) is 24.0 Å². The molecule has 1 aliphatic rings. The second-order valence-corrected chi connectivity index (χ2v) is 5.47. The smallest absolute Gasteiger partial charge is 0.338 e. The van der Waals surface area contributed by atoms with Gasteiger partial charge in [-0.3, -0.25) is 15.1 Å². The van der Waals surface area contributed by atoms with Gasteiger partial charge in [0, 0.05) is 11.6 Å². The van der Waals surface area contributed by atoms with Gasteiger partial charge in [0.25, 0.3) is 5.69 Å². The van der Waals surface area contributed by atoms with Gasteiger partial charge in [0.15, 0.2) is 11.5 Å². The lowest BCUT2D eigenvalue weighted by atomic mass is 9.90. The second kappa shape index (κ2) is 5.99. The number of carboxylic acids is 2. The van der Waals surface area contributed by atoms with Crippen LogP contribution in [-0.4, -0.2) is 38.9 Å². The number of aryl methyl sites for hydroxylation is 2. The highest BCUT2D eigenvalue weighted by Gasteiger charge is 2.35. The van der Waals surface area contributed by atoms with Gasteiger partial charge in [-0.15, -0.1) is 0 Å². The Balaban J connectivity index is 2.56. The predicted molar refractivity (Wildman–Crippen MR) is 85.8 cm³/mol. The first-order valence-electron chi connectivity index (χ1n) is 7.29. The molecule has 0 spiro atoms. The molecule has 0 atom stereocenters. The Hall–Kier alpha value is -3.69. The summed E-state index contributed by atoms with van der Waals surface area (Å²) in [7, 11) is 0. The van der Waals surface area contributed by atoms with Crippen molar-refractivity contribution >= 4 is 17.6 Å². The third kappa shape index (κ3) is 2.48. The molecule has 0 amide bonds. The summed E-state index contributed by atoms with van der Waals surface area (Å²) in [6.45, 7) is 2.55. The lowest BCUT2D eigenvalue weighted by Gasteiger charge is -2.16. The first kappa shape index (κ1) is 17.1. The maximum Gasteiger partial charge on any atom is 0.338 e. The highest BCUT2D eigenvalue weighted by molar-refractivity contribution is 6.08. The van der Waals surface area contributed by atoms with Gasteiger partial charge in [0.05, 0.1) is 27.4 Å². The van der Waals surface area contributed by atoms with Crippen LogP contribution in [0.2, 0.25) is 0 Å². The van der Waals surface area contributed by atoms with E-state index < -0.39 is 33.7 Å². The molecule has 0 saturated heterocycles. The van der Waals surface area contributed by atoms with E-state index >= 15 is 0 Å². The molecule has 1 aromatic carbocycles. The summed E-state index contributed by atoms with van der Waals surface area (Å²) in [6, 6.07) is 2.43. The molecule has 26 heavy (non-hydrogen) atoms. The molecular weight excluding hydrogens is 348 g/mol. The van der Waals surface area contributed by atoms with E-state index in [1.165, 1.54) is 19.9 Å². The normalized spacial score (nSPS) is 12.1. The van der Waals surface area contributed by atoms with Gasteiger partial charge in [0.1, 0.15) is 5.56 Å². The molecule has 0 bridgehead atoms. The Morgan fingerprint density at radius 2 is 1.65 bits per heavy atom. The highest BCUT2D eigenvalue weighted by Crippen LogP contribution is 2.49. The number of nitro benzene ring substituents is 1. The number of hydrogen-bond donors (Lipinski definition) is 2. The molecule has 0 saturated carbocycles. The lowest BCUT2D eigenvalue weighted by Crippen LogP contribution is -2.14. The number of nitrogens with zero attached hydrogens (tertiary/aromatic N) is 2. The molecule has 0 radical (unpaired) electrons. The molecule has 2 N–H and O–H groups in total. The van der Waals surface area contributed by atoms with Crippen molar-refractivity contribution in [1.29, 1.82) is 0 Å². The van der Waals surface area contributed by atoms with Crippen LogP contribution in [0.4, 0.5) is 5.69 Å². The molecule has 0 unspecified atom stereocenters. The lowest BCUT2D eigenvalue weighted by molar-refractivity contribution is -0.384. The summed E-state index contributed by atoms with van der Waals surface area (Å²) in [4.78, 5) is 38.4. The fourth-order valence-electron chi connectivity index (χ4n) is 2.98. The van der Waals surface area contributed by atoms with Crippen LogP contribution in [0.25, 0.3) is 11.1 Å². The summed E-state index contributed by atoms with van der Waals surface area (Å²) in [6.07, 6.45) is 0. The Bertz CT molecular complexity index is 945. The molecule has 2 heterocycles. The van der Waals surface area contributed by atoms with Crippen molar-refractivity contribution in [3.8, 4) is 22.6 Å². The van der Waals surface area contributed by atoms with Crippen molar-refractivity contribution in [1.82, 2.24) is 4.98 Å². The van der Waals surface area contributed by atoms with Crippen molar-refractivity contribution in [3.63, 3.8) is 0 Å². The molecule has 0 aliphatic carbocycles. The number of nitro groups is 1. The summed E-state index contributed by atoms with van der Waals surface area (Å²) in [5.74, 6) is -2.84. The van der Waals surface area contributed by atoms with Crippen LogP contribution in [-0.2, 0) is 0 Å². The van der Waals surface area contributed by atoms with E-state index in [1.807, 2.05) is 0 Å². The quantitative estimate of drug-likeness (QED) is 0.619. The Kier molecular flexibility index (Phi) is 3.95. The average Bonchev–Trinajstić information content (AvgIpc) is 3.00. The van der Waals surface area contributed by atoms with E-state index in [4.69, 9.17) is 9.47 Å². The third-order valence-corrected chi connectivity index (χ3v) is 3.95. The molecule has 2 aromatic rings. The van der Waals surface area contributed by atoms with Gasteiger partial charge in [-0.05, 0) is 19.9 Å². The van der Waals surface area contributed by atoms with E-state index in [2.05, 4.69) is 4.98 Å². The van der Waals surface area contributed by atoms with Crippen molar-refractivity contribution < 1.29 is 34.2 Å². The molecule has 3 rings (SSSR count). The maximum absolute atomic E-state index is 11.8. The van der Waals surface area contributed by atoms with Gasteiger partial charge in [0.2, 0.25) is 6.79 Å². The summed E-state index contributed by atoms with van der Waals surface area (Å²) < 4.78 is 10.5. The van der Waals surface area contributed by atoms with E-state index in [1.54, 1.807) is 0 Å². The number of carboxylic acid groups (broad SMARTS) is 2. The second-order valence-electron chi connectivity index (χ2n) is 5.47. The zero-order valence-electron chi connectivity index (χ0n) is 13.6. The van der Waals surface area contributed by atoms with Crippen molar-refractivity contribution in [3.05, 3.63) is 44.8 Å². The van der Waals surface area contributed by atoms with Gasteiger partial charge >= 0.3 is 11.9 Å². The van der Waals surface area contributed by atoms with E-state index in [0.717, 1.165) is 6.07 Å². The number of hydrogen-bond acceptors (Lipinski definition) is 7. The Morgan fingerprint density at radius 3 is 2.15 bits per heavy atom. The minimum atomic E-state index is -1.46. The molecule has 10 nitrogen and oxygen atoms in total. The SMILES string of the molecule is Cc1nc(C)c(C(=O)O)c(-c2c([N+](=O)[O-])ccc3c2OCO3)c1C(=O)O. The van der Waals surface area contributed by atoms with Crippen LogP contribution < -0.4 is 9.47 Å². The molecule has 0 fully saturated rings. The maximum atomic E-state index is 11.8. The molecule has 1 aliphatic heterocycles. The van der Waals surface area contributed by atoms with Gasteiger partial charge in [-0.2, -0.15) is 0 Å². The zero-order valence-corrected chi connectivity index (χ0v) is 13.6. The van der Waals surface area contributed by atoms with Crippen LogP contribution >= 0.6 is 0 Å². The van der Waals surface area contributed by atoms with Crippen molar-refractivity contribution in [2.24, 2.45) is 0 Å². The number of carbonyl (C=O) groups is 2. The number of aromatic nitrogens is 1. The standard InChI is InChI=1S/C16H12N2O8/c1-6-10(15(19)20)13(11(16(21)22)7(2)17-6)12-8(18(23)24)3-4-9-14(12)26-5-25-9/h3-4H,5H2,1-2H3,(H,19,20)(H,21,22). The van der Waals surface area contributed by atoms with Crippen LogP contribution in [0.15, 0.2) is 12.1 Å². The molecule has 1 aromatic heterocycles. The fourth-order valence-corrected chi connectivity index (χ4v) is 2.98. The van der Waals surface area contributed by atoms with Gasteiger partial charge < -0.3 is 19.7 Å². The summed E-state index contributed by atoms with van der Waals surface area (Å²) >= 11 is 0. The minimum absolute atomic E-state index is 0.0285. The van der Waals surface area contributed by atoms with Gasteiger partial charge in [-0.25, -0.2) is 9.59 Å². The monoisotopic (exact) mass is 360 g/mol. The number of rotatable bonds is 4. The third-order valence-electron chi connectivity index (χ3n) is 3.95. The molecular formula is C16H12N2O8. The molecule has 134 valence electrons. The highest BCUT2D eigenvalue weighted by atomic mass is 16.7. The number of ether oxygens (including phenoxy) is 2. The fraction of sp³-hybridized carbons (Fsp3) is 0.188. The van der Waals surface area contributed by atoms with Crippen molar-refractivity contribution in [2.75, 3.05) is 6.79 Å². The Morgan fingerprint density at radius 1 is 1.08 bits per heavy atom. The number of aromatic carboxylic acids is 2. The molecule has 10 heteroatoms. The topological polar surface area (TPSA) is 149 Å². The first-order valence-corrected chi connectivity index (χ1v) is 7.29.